The molecule has 0 heterocycles. The van der Waals surface area contributed by atoms with E-state index in [9.17, 15) is 10.1 Å². The lowest BCUT2D eigenvalue weighted by atomic mass is 9.70. The summed E-state index contributed by atoms with van der Waals surface area (Å²) in [5, 5.41) is 9.28. The molecule has 22 heavy (non-hydrogen) atoms. The molecule has 1 saturated carbocycles. The molecule has 1 aromatic rings. The van der Waals surface area contributed by atoms with Crippen LogP contribution in [-0.4, -0.2) is 19.2 Å². The Morgan fingerprint density at radius 2 is 1.82 bits per heavy atom. The first-order chi connectivity index (χ1) is 10.7. The third-order valence-corrected chi connectivity index (χ3v) is 3.92. The summed E-state index contributed by atoms with van der Waals surface area (Å²) in [6, 6.07) is 12.2. The molecule has 4 nitrogen and oxygen atoms in total. The zero-order valence-electron chi connectivity index (χ0n) is 13.0. The summed E-state index contributed by atoms with van der Waals surface area (Å²) in [5.41, 5.74) is 1.31. The summed E-state index contributed by atoms with van der Waals surface area (Å²) in [7, 11) is 0. The van der Waals surface area contributed by atoms with Crippen LogP contribution in [0.2, 0.25) is 0 Å². The molecular formula is C18H21NO3. The standard InChI is InChI=1S/C18H21NO3/c1-3-21-17(16(12-19)18(20)22-4-2)15-10-14(11-15)13-8-6-5-7-9-13/h5-9,14-15H,3-4,10-11H2,1-2H3. The molecule has 0 bridgehead atoms. The van der Waals surface area contributed by atoms with Crippen LogP contribution in [0.1, 0.15) is 38.2 Å². The maximum Gasteiger partial charge on any atom is 0.352 e. The topological polar surface area (TPSA) is 59.3 Å². The molecule has 0 aromatic heterocycles. The number of ether oxygens (including phenoxy) is 2. The van der Waals surface area contributed by atoms with Crippen molar-refractivity contribution in [2.24, 2.45) is 5.92 Å². The van der Waals surface area contributed by atoms with E-state index in [1.807, 2.05) is 31.2 Å². The van der Waals surface area contributed by atoms with E-state index in [4.69, 9.17) is 9.47 Å². The first kappa shape index (κ1) is 16.1. The quantitative estimate of drug-likeness (QED) is 0.349. The van der Waals surface area contributed by atoms with E-state index in [1.54, 1.807) is 6.92 Å². The van der Waals surface area contributed by atoms with Crippen molar-refractivity contribution in [1.82, 2.24) is 0 Å². The highest BCUT2D eigenvalue weighted by Gasteiger charge is 2.37. The fourth-order valence-corrected chi connectivity index (χ4v) is 2.78. The molecule has 1 aliphatic rings. The SMILES string of the molecule is CCOC(=O)C(C#N)=C(OCC)C1CC(c2ccccc2)C1. The zero-order valence-corrected chi connectivity index (χ0v) is 13.0. The van der Waals surface area contributed by atoms with Crippen LogP contribution < -0.4 is 0 Å². The van der Waals surface area contributed by atoms with Crippen molar-refractivity contribution in [3.63, 3.8) is 0 Å². The smallest absolute Gasteiger partial charge is 0.352 e. The molecule has 0 saturated heterocycles. The Hall–Kier alpha value is -2.28. The molecule has 0 amide bonds. The molecule has 2 rings (SSSR count). The second-order valence-corrected chi connectivity index (χ2v) is 5.28. The maximum absolute atomic E-state index is 11.9. The monoisotopic (exact) mass is 299 g/mol. The number of nitriles is 1. The number of benzene rings is 1. The molecular weight excluding hydrogens is 278 g/mol. The predicted octanol–water partition coefficient (Wildman–Crippen LogP) is 3.56. The van der Waals surface area contributed by atoms with Crippen LogP contribution in [0.4, 0.5) is 0 Å². The van der Waals surface area contributed by atoms with Crippen molar-refractivity contribution in [2.45, 2.75) is 32.6 Å². The third-order valence-electron chi connectivity index (χ3n) is 3.92. The third kappa shape index (κ3) is 3.48. The summed E-state index contributed by atoms with van der Waals surface area (Å²) in [4.78, 5) is 11.9. The summed E-state index contributed by atoms with van der Waals surface area (Å²) >= 11 is 0. The van der Waals surface area contributed by atoms with Gasteiger partial charge in [0.05, 0.1) is 13.2 Å². The van der Waals surface area contributed by atoms with E-state index < -0.39 is 5.97 Å². The van der Waals surface area contributed by atoms with Crippen molar-refractivity contribution < 1.29 is 14.3 Å². The first-order valence-electron chi connectivity index (χ1n) is 7.70. The van der Waals surface area contributed by atoms with Gasteiger partial charge in [-0.1, -0.05) is 30.3 Å². The fourth-order valence-electron chi connectivity index (χ4n) is 2.78. The number of esters is 1. The molecule has 0 spiro atoms. The van der Waals surface area contributed by atoms with Crippen molar-refractivity contribution in [2.75, 3.05) is 13.2 Å². The number of carbonyl (C=O) groups is 1. The molecule has 0 radical (unpaired) electrons. The molecule has 4 heteroatoms. The lowest BCUT2D eigenvalue weighted by molar-refractivity contribution is -0.138. The maximum atomic E-state index is 11.9. The normalized spacial score (nSPS) is 21.1. The van der Waals surface area contributed by atoms with Crippen molar-refractivity contribution in [1.29, 1.82) is 5.26 Å². The van der Waals surface area contributed by atoms with Crippen molar-refractivity contribution in [3.05, 3.63) is 47.2 Å². The van der Waals surface area contributed by atoms with E-state index >= 15 is 0 Å². The van der Waals surface area contributed by atoms with E-state index in [0.717, 1.165) is 12.8 Å². The molecule has 1 fully saturated rings. The Kier molecular flexibility index (Phi) is 5.60. The van der Waals surface area contributed by atoms with Gasteiger partial charge in [-0.3, -0.25) is 0 Å². The number of allylic oxidation sites excluding steroid dienone is 1. The van der Waals surface area contributed by atoms with Gasteiger partial charge >= 0.3 is 5.97 Å². The summed E-state index contributed by atoms with van der Waals surface area (Å²) in [6.45, 7) is 4.27. The zero-order chi connectivity index (χ0) is 15.9. The van der Waals surface area contributed by atoms with Gasteiger partial charge in [-0.25, -0.2) is 4.79 Å². The minimum Gasteiger partial charge on any atom is -0.496 e. The summed E-state index contributed by atoms with van der Waals surface area (Å²) < 4.78 is 10.6. The van der Waals surface area contributed by atoms with Gasteiger partial charge in [-0.05, 0) is 38.2 Å². The Balaban J connectivity index is 2.13. The molecule has 0 aliphatic heterocycles. The molecule has 0 unspecified atom stereocenters. The minimum absolute atomic E-state index is 0.0141. The lowest BCUT2D eigenvalue weighted by Gasteiger charge is -2.37. The van der Waals surface area contributed by atoms with Crippen LogP contribution in [0, 0.1) is 17.2 Å². The number of carbonyl (C=O) groups excluding carboxylic acids is 1. The van der Waals surface area contributed by atoms with Crippen molar-refractivity contribution >= 4 is 5.97 Å². The molecule has 1 aromatic carbocycles. The highest BCUT2D eigenvalue weighted by Crippen LogP contribution is 2.46. The Morgan fingerprint density at radius 3 is 2.36 bits per heavy atom. The van der Waals surface area contributed by atoms with Crippen molar-refractivity contribution in [3.8, 4) is 6.07 Å². The van der Waals surface area contributed by atoms with Crippen LogP contribution in [0.15, 0.2) is 41.7 Å². The first-order valence-corrected chi connectivity index (χ1v) is 7.70. The highest BCUT2D eigenvalue weighted by molar-refractivity contribution is 5.93. The number of rotatable bonds is 6. The van der Waals surface area contributed by atoms with Gasteiger partial charge in [0.15, 0.2) is 5.57 Å². The fraction of sp³-hybridized carbons (Fsp3) is 0.444. The Bertz CT molecular complexity index is 580. The van der Waals surface area contributed by atoms with Crippen LogP contribution in [0.5, 0.6) is 0 Å². The summed E-state index contributed by atoms with van der Waals surface area (Å²) in [5.74, 6) is 0.486. The number of nitrogens with zero attached hydrogens (tertiary/aromatic N) is 1. The lowest BCUT2D eigenvalue weighted by Crippen LogP contribution is -2.27. The minimum atomic E-state index is -0.586. The van der Waals surface area contributed by atoms with E-state index in [0.29, 0.717) is 18.3 Å². The van der Waals surface area contributed by atoms with Gasteiger partial charge in [0, 0.05) is 5.92 Å². The second kappa shape index (κ2) is 7.65. The van der Waals surface area contributed by atoms with E-state index in [-0.39, 0.29) is 18.1 Å². The Morgan fingerprint density at radius 1 is 1.18 bits per heavy atom. The van der Waals surface area contributed by atoms with Gasteiger partial charge in [0.1, 0.15) is 11.8 Å². The molecule has 0 N–H and O–H groups in total. The van der Waals surface area contributed by atoms with Gasteiger partial charge in [-0.15, -0.1) is 0 Å². The van der Waals surface area contributed by atoms with Crippen LogP contribution in [-0.2, 0) is 14.3 Å². The number of hydrogen-bond acceptors (Lipinski definition) is 4. The van der Waals surface area contributed by atoms with E-state index in [2.05, 4.69) is 12.1 Å². The predicted molar refractivity (Wildman–Crippen MR) is 82.8 cm³/mol. The molecule has 1 aliphatic carbocycles. The van der Waals surface area contributed by atoms with Crippen LogP contribution in [0.25, 0.3) is 0 Å². The largest absolute Gasteiger partial charge is 0.496 e. The van der Waals surface area contributed by atoms with Gasteiger partial charge in [0.25, 0.3) is 0 Å². The second-order valence-electron chi connectivity index (χ2n) is 5.28. The Labute approximate surface area is 131 Å². The van der Waals surface area contributed by atoms with Gasteiger partial charge < -0.3 is 9.47 Å². The van der Waals surface area contributed by atoms with Crippen LogP contribution in [0.3, 0.4) is 0 Å². The average Bonchev–Trinajstić information content (AvgIpc) is 2.48. The molecule has 0 atom stereocenters. The average molecular weight is 299 g/mol. The van der Waals surface area contributed by atoms with Crippen LogP contribution >= 0.6 is 0 Å². The highest BCUT2D eigenvalue weighted by atomic mass is 16.5. The number of hydrogen-bond donors (Lipinski definition) is 0. The van der Waals surface area contributed by atoms with Gasteiger partial charge in [0.2, 0.25) is 0 Å². The summed E-state index contributed by atoms with van der Waals surface area (Å²) in [6.07, 6.45) is 1.79. The van der Waals surface area contributed by atoms with E-state index in [1.165, 1.54) is 5.56 Å². The van der Waals surface area contributed by atoms with Gasteiger partial charge in [-0.2, -0.15) is 5.26 Å². The molecule has 116 valence electrons.